The second-order valence-electron chi connectivity index (χ2n) is 7.24. The minimum absolute atomic E-state index is 0.0990. The highest BCUT2D eigenvalue weighted by Crippen LogP contribution is 2.41. The van der Waals surface area contributed by atoms with E-state index in [-0.39, 0.29) is 24.5 Å². The number of thioether (sulfide) groups is 1. The molecule has 0 bridgehead atoms. The fourth-order valence-electron chi connectivity index (χ4n) is 3.09. The maximum Gasteiger partial charge on any atom is 0.323 e. The van der Waals surface area contributed by atoms with Crippen molar-refractivity contribution >= 4 is 32.2 Å². The Morgan fingerprint density at radius 1 is 1.16 bits per heavy atom. The number of hydrogen-bond acceptors (Lipinski definition) is 8. The summed E-state index contributed by atoms with van der Waals surface area (Å²) in [5.74, 6) is 0.0169. The predicted octanol–water partition coefficient (Wildman–Crippen LogP) is 4.80. The van der Waals surface area contributed by atoms with E-state index in [1.54, 1.807) is 20.8 Å². The molecule has 0 fully saturated rings. The van der Waals surface area contributed by atoms with Crippen molar-refractivity contribution in [1.82, 2.24) is 5.09 Å². The van der Waals surface area contributed by atoms with Gasteiger partial charge in [-0.05, 0) is 57.9 Å². The fraction of sp³-hybridized carbons (Fsp3) is 0.565. The Morgan fingerprint density at radius 3 is 2.56 bits per heavy atom. The Balaban J connectivity index is 2.11. The van der Waals surface area contributed by atoms with Crippen LogP contribution in [0.2, 0.25) is 0 Å². The monoisotopic (exact) mass is 483 g/mol. The van der Waals surface area contributed by atoms with E-state index < -0.39 is 14.6 Å². The second-order valence-corrected chi connectivity index (χ2v) is 9.49. The van der Waals surface area contributed by atoms with Crippen molar-refractivity contribution < 1.29 is 28.1 Å². The molecule has 1 aliphatic carbocycles. The summed E-state index contributed by atoms with van der Waals surface area (Å²) in [6, 6.07) is 6.95. The molecule has 0 saturated carbocycles. The Morgan fingerprint density at radius 2 is 1.91 bits per heavy atom. The number of carbonyl (C=O) groups is 2. The molecule has 1 N–H and O–H groups in total. The molecule has 1 aliphatic rings. The summed E-state index contributed by atoms with van der Waals surface area (Å²) in [6.45, 7) is 5.96. The minimum atomic E-state index is -1.63. The van der Waals surface area contributed by atoms with Crippen LogP contribution in [0.15, 0.2) is 36.4 Å². The zero-order valence-electron chi connectivity index (χ0n) is 19.2. The van der Waals surface area contributed by atoms with Gasteiger partial charge in [-0.2, -0.15) is 11.8 Å². The zero-order chi connectivity index (χ0) is 23.3. The molecule has 4 atom stereocenters. The SMILES string of the molecule is CCOC(=O)CCc1ccccc1O[P@](N[C@@H](C)C(=O)OCC)OC1C=CC(SC)CC1. The molecule has 32 heavy (non-hydrogen) atoms. The van der Waals surface area contributed by atoms with Gasteiger partial charge in [-0.25, -0.2) is 5.09 Å². The van der Waals surface area contributed by atoms with Crippen LogP contribution in [0.3, 0.4) is 0 Å². The zero-order valence-corrected chi connectivity index (χ0v) is 21.0. The lowest BCUT2D eigenvalue weighted by Gasteiger charge is -2.28. The van der Waals surface area contributed by atoms with Gasteiger partial charge in [0.25, 0.3) is 0 Å². The number of benzene rings is 1. The summed E-state index contributed by atoms with van der Waals surface area (Å²) < 4.78 is 22.6. The Bertz CT molecular complexity index is 762. The molecular weight excluding hydrogens is 449 g/mol. The van der Waals surface area contributed by atoms with E-state index in [2.05, 4.69) is 23.5 Å². The summed E-state index contributed by atoms with van der Waals surface area (Å²) in [7, 11) is -1.63. The van der Waals surface area contributed by atoms with Crippen LogP contribution < -0.4 is 9.61 Å². The second kappa shape index (κ2) is 14.5. The third kappa shape index (κ3) is 9.10. The van der Waals surface area contributed by atoms with Gasteiger partial charge in [-0.1, -0.05) is 30.4 Å². The van der Waals surface area contributed by atoms with Crippen LogP contribution >= 0.6 is 20.3 Å². The normalized spacial score (nSPS) is 19.8. The van der Waals surface area contributed by atoms with E-state index in [0.717, 1.165) is 18.4 Å². The van der Waals surface area contributed by atoms with Crippen molar-refractivity contribution in [2.45, 2.75) is 63.9 Å². The van der Waals surface area contributed by atoms with E-state index >= 15 is 0 Å². The molecule has 2 unspecified atom stereocenters. The number of hydrogen-bond donors (Lipinski definition) is 1. The predicted molar refractivity (Wildman–Crippen MR) is 129 cm³/mol. The number of para-hydroxylation sites is 1. The van der Waals surface area contributed by atoms with Crippen LogP contribution in [0.4, 0.5) is 0 Å². The van der Waals surface area contributed by atoms with Crippen LogP contribution in [0, 0.1) is 0 Å². The first-order chi connectivity index (χ1) is 15.5. The molecule has 0 aliphatic heterocycles. The number of esters is 2. The molecule has 0 radical (unpaired) electrons. The van der Waals surface area contributed by atoms with Gasteiger partial charge < -0.3 is 18.5 Å². The molecule has 2 rings (SSSR count). The lowest BCUT2D eigenvalue weighted by Crippen LogP contribution is -2.34. The third-order valence-electron chi connectivity index (χ3n) is 4.81. The van der Waals surface area contributed by atoms with Gasteiger partial charge in [-0.3, -0.25) is 9.59 Å². The van der Waals surface area contributed by atoms with Crippen molar-refractivity contribution in [1.29, 1.82) is 0 Å². The van der Waals surface area contributed by atoms with Gasteiger partial charge in [0.1, 0.15) is 11.8 Å². The van der Waals surface area contributed by atoms with E-state index in [9.17, 15) is 9.59 Å². The number of ether oxygens (including phenoxy) is 2. The van der Waals surface area contributed by atoms with Gasteiger partial charge in [0.05, 0.1) is 19.3 Å². The lowest BCUT2D eigenvalue weighted by atomic mass is 10.1. The van der Waals surface area contributed by atoms with Crippen LogP contribution in [0.1, 0.15) is 45.6 Å². The van der Waals surface area contributed by atoms with Gasteiger partial charge in [0, 0.05) is 11.7 Å². The van der Waals surface area contributed by atoms with E-state index in [1.165, 1.54) is 0 Å². The molecule has 1 aromatic carbocycles. The smallest absolute Gasteiger partial charge is 0.323 e. The van der Waals surface area contributed by atoms with E-state index in [0.29, 0.717) is 30.6 Å². The van der Waals surface area contributed by atoms with Gasteiger partial charge in [0.2, 0.25) is 0 Å². The highest BCUT2D eigenvalue weighted by molar-refractivity contribution is 7.99. The standard InChI is InChI=1S/C23H34NO6PS/c1-5-27-22(25)16-11-18-9-7-8-10-21(18)30-31(24-17(3)23(26)28-6-2)29-19-12-14-20(32-4)15-13-19/h7-10,12,14,17,19-20,24H,5-6,11,13,15-16H2,1-4H3/t17-,19?,20?,31+/m0/s1. The Hall–Kier alpha value is -1.60. The molecular formula is C23H34NO6PS. The molecule has 0 aromatic heterocycles. The van der Waals surface area contributed by atoms with E-state index in [4.69, 9.17) is 18.5 Å². The average Bonchev–Trinajstić information content (AvgIpc) is 2.79. The molecule has 7 nitrogen and oxygen atoms in total. The largest absolute Gasteiger partial charge is 0.466 e. The summed E-state index contributed by atoms with van der Waals surface area (Å²) in [5.41, 5.74) is 0.879. The van der Waals surface area contributed by atoms with Crippen LogP contribution in [-0.2, 0) is 30.0 Å². The van der Waals surface area contributed by atoms with Gasteiger partial charge in [0.15, 0.2) is 0 Å². The van der Waals surface area contributed by atoms with Crippen molar-refractivity contribution in [2.75, 3.05) is 19.5 Å². The molecule has 178 valence electrons. The van der Waals surface area contributed by atoms with Gasteiger partial charge >= 0.3 is 20.5 Å². The Labute approximate surface area is 196 Å². The number of nitrogens with one attached hydrogen (secondary N) is 1. The van der Waals surface area contributed by atoms with Crippen molar-refractivity contribution in [2.24, 2.45) is 0 Å². The summed E-state index contributed by atoms with van der Waals surface area (Å²) >= 11 is 1.82. The summed E-state index contributed by atoms with van der Waals surface area (Å²) in [6.07, 6.45) is 8.88. The molecule has 1 aromatic rings. The van der Waals surface area contributed by atoms with Crippen LogP contribution in [0.25, 0.3) is 0 Å². The lowest BCUT2D eigenvalue weighted by molar-refractivity contribution is -0.145. The van der Waals surface area contributed by atoms with Crippen molar-refractivity contribution in [3.8, 4) is 5.75 Å². The average molecular weight is 484 g/mol. The molecule has 9 heteroatoms. The van der Waals surface area contributed by atoms with Crippen molar-refractivity contribution in [3.05, 3.63) is 42.0 Å². The van der Waals surface area contributed by atoms with Crippen molar-refractivity contribution in [3.63, 3.8) is 0 Å². The Kier molecular flexibility index (Phi) is 12.1. The van der Waals surface area contributed by atoms with Gasteiger partial charge in [-0.15, -0.1) is 0 Å². The van der Waals surface area contributed by atoms with Crippen LogP contribution in [0.5, 0.6) is 5.75 Å². The highest BCUT2D eigenvalue weighted by atomic mass is 32.2. The fourth-order valence-corrected chi connectivity index (χ4v) is 5.07. The summed E-state index contributed by atoms with van der Waals surface area (Å²) in [4.78, 5) is 23.9. The molecule has 0 saturated heterocycles. The number of aryl methyl sites for hydroxylation is 1. The first-order valence-corrected chi connectivity index (χ1v) is 13.5. The van der Waals surface area contributed by atoms with E-state index in [1.807, 2.05) is 36.0 Å². The summed E-state index contributed by atoms with van der Waals surface area (Å²) in [5, 5.41) is 3.65. The molecule has 0 spiro atoms. The molecule has 0 amide bonds. The molecule has 0 heterocycles. The minimum Gasteiger partial charge on any atom is -0.466 e. The number of carbonyl (C=O) groups excluding carboxylic acids is 2. The first kappa shape index (κ1) is 26.7. The first-order valence-electron chi connectivity index (χ1n) is 11.0. The van der Waals surface area contributed by atoms with Crippen LogP contribution in [-0.4, -0.2) is 48.8 Å². The maximum atomic E-state index is 12.2. The highest BCUT2D eigenvalue weighted by Gasteiger charge is 2.27. The maximum absolute atomic E-state index is 12.2. The quantitative estimate of drug-likeness (QED) is 0.244. The third-order valence-corrected chi connectivity index (χ3v) is 7.23. The number of rotatable bonds is 13. The topological polar surface area (TPSA) is 83.1 Å².